The van der Waals surface area contributed by atoms with E-state index in [9.17, 15) is 10.1 Å². The van der Waals surface area contributed by atoms with E-state index in [4.69, 9.17) is 9.47 Å². The van der Waals surface area contributed by atoms with Crippen LogP contribution in [0.5, 0.6) is 0 Å². The van der Waals surface area contributed by atoms with Crippen LogP contribution in [-0.4, -0.2) is 24.8 Å². The fourth-order valence-corrected chi connectivity index (χ4v) is 3.36. The molecule has 0 aromatic rings. The third kappa shape index (κ3) is 1.15. The summed E-state index contributed by atoms with van der Waals surface area (Å²) < 4.78 is 10.7. The van der Waals surface area contributed by atoms with Crippen molar-refractivity contribution in [1.29, 1.82) is 5.26 Å². The number of esters is 1. The average molecular weight is 221 g/mol. The Labute approximate surface area is 94.5 Å². The maximum Gasteiger partial charge on any atom is 0.326 e. The highest BCUT2D eigenvalue weighted by molar-refractivity contribution is 5.81. The van der Waals surface area contributed by atoms with Gasteiger partial charge < -0.3 is 9.47 Å². The first kappa shape index (κ1) is 10.1. The van der Waals surface area contributed by atoms with E-state index in [1.54, 1.807) is 0 Å². The molecule has 16 heavy (non-hydrogen) atoms. The topological polar surface area (TPSA) is 62.6 Å². The number of hydrogen-bond acceptors (Lipinski definition) is 4. The first-order valence-electron chi connectivity index (χ1n) is 5.95. The van der Waals surface area contributed by atoms with Crippen molar-refractivity contribution in [2.75, 3.05) is 6.61 Å². The molecule has 2 aliphatic heterocycles. The molecule has 4 nitrogen and oxygen atoms in total. The summed E-state index contributed by atoms with van der Waals surface area (Å²) in [7, 11) is 0. The number of ether oxygens (including phenoxy) is 2. The zero-order chi connectivity index (χ0) is 11.3. The van der Waals surface area contributed by atoms with Gasteiger partial charge in [0.25, 0.3) is 0 Å². The number of nitriles is 1. The van der Waals surface area contributed by atoms with Crippen LogP contribution in [0.1, 0.15) is 26.2 Å². The number of carbonyl (C=O) groups excluding carboxylic acids is 1. The van der Waals surface area contributed by atoms with E-state index in [1.807, 2.05) is 6.92 Å². The summed E-state index contributed by atoms with van der Waals surface area (Å²) >= 11 is 0. The minimum Gasteiger partial charge on any atom is -0.464 e. The quantitative estimate of drug-likeness (QED) is 0.494. The molecule has 3 aliphatic rings. The highest BCUT2D eigenvalue weighted by Crippen LogP contribution is 2.53. The van der Waals surface area contributed by atoms with Crippen LogP contribution in [0.2, 0.25) is 0 Å². The molecule has 3 fully saturated rings. The van der Waals surface area contributed by atoms with Gasteiger partial charge in [-0.1, -0.05) is 6.92 Å². The third-order valence-electron chi connectivity index (χ3n) is 4.46. The van der Waals surface area contributed by atoms with E-state index in [0.717, 1.165) is 12.8 Å². The van der Waals surface area contributed by atoms with Crippen LogP contribution >= 0.6 is 0 Å². The van der Waals surface area contributed by atoms with Crippen molar-refractivity contribution in [3.63, 3.8) is 0 Å². The van der Waals surface area contributed by atoms with Crippen molar-refractivity contribution in [2.24, 2.45) is 17.3 Å². The van der Waals surface area contributed by atoms with Crippen molar-refractivity contribution in [3.05, 3.63) is 0 Å². The normalized spacial score (nSPS) is 49.6. The smallest absolute Gasteiger partial charge is 0.326 e. The van der Waals surface area contributed by atoms with Crippen LogP contribution in [0.15, 0.2) is 0 Å². The van der Waals surface area contributed by atoms with Crippen LogP contribution in [0.25, 0.3) is 0 Å². The lowest BCUT2D eigenvalue weighted by Crippen LogP contribution is -2.50. The molecule has 0 unspecified atom stereocenters. The van der Waals surface area contributed by atoms with E-state index in [2.05, 4.69) is 6.07 Å². The molecular formula is C12H15NO3. The van der Waals surface area contributed by atoms with E-state index in [1.165, 1.54) is 0 Å². The Morgan fingerprint density at radius 3 is 2.94 bits per heavy atom. The van der Waals surface area contributed by atoms with Gasteiger partial charge in [-0.05, 0) is 25.2 Å². The van der Waals surface area contributed by atoms with Crippen LogP contribution in [0, 0.1) is 28.6 Å². The van der Waals surface area contributed by atoms with E-state index in [0.29, 0.717) is 31.2 Å². The van der Waals surface area contributed by atoms with Crippen LogP contribution in [0.3, 0.4) is 0 Å². The Hall–Kier alpha value is -1.08. The van der Waals surface area contributed by atoms with Gasteiger partial charge in [0, 0.05) is 5.92 Å². The number of carbonyl (C=O) groups is 1. The Morgan fingerprint density at radius 1 is 1.50 bits per heavy atom. The lowest BCUT2D eigenvalue weighted by Gasteiger charge is -2.42. The molecule has 0 aromatic carbocycles. The lowest BCUT2D eigenvalue weighted by molar-refractivity contribution is -0.170. The number of rotatable bonds is 1. The van der Waals surface area contributed by atoms with Gasteiger partial charge in [-0.15, -0.1) is 0 Å². The zero-order valence-corrected chi connectivity index (χ0v) is 9.31. The van der Waals surface area contributed by atoms with E-state index < -0.39 is 5.41 Å². The van der Waals surface area contributed by atoms with Gasteiger partial charge in [-0.2, -0.15) is 5.26 Å². The van der Waals surface area contributed by atoms with Gasteiger partial charge in [0.15, 0.2) is 5.41 Å². The second-order valence-electron chi connectivity index (χ2n) is 5.09. The Bertz CT molecular complexity index is 375. The van der Waals surface area contributed by atoms with E-state index >= 15 is 0 Å². The van der Waals surface area contributed by atoms with Gasteiger partial charge in [-0.25, -0.2) is 0 Å². The molecule has 0 radical (unpaired) electrons. The molecule has 0 aromatic heterocycles. The zero-order valence-electron chi connectivity index (χ0n) is 9.31. The summed E-state index contributed by atoms with van der Waals surface area (Å²) in [5.41, 5.74) is -0.917. The molecule has 0 N–H and O–H groups in total. The summed E-state index contributed by atoms with van der Waals surface area (Å²) in [6.07, 6.45) is 3.01. The average Bonchev–Trinajstić information content (AvgIpc) is 3.05. The molecule has 2 heterocycles. The number of fused-ring (bicyclic) bond motifs is 2. The van der Waals surface area contributed by atoms with Crippen molar-refractivity contribution in [1.82, 2.24) is 0 Å². The second kappa shape index (κ2) is 3.21. The fraction of sp³-hybridized carbons (Fsp3) is 0.833. The molecule has 4 heteroatoms. The van der Waals surface area contributed by atoms with Gasteiger partial charge in [0.05, 0.1) is 24.9 Å². The highest BCUT2D eigenvalue weighted by atomic mass is 16.6. The summed E-state index contributed by atoms with van der Waals surface area (Å²) in [4.78, 5) is 11.9. The minimum atomic E-state index is -0.917. The first-order valence-corrected chi connectivity index (χ1v) is 5.95. The molecule has 1 aliphatic carbocycles. The molecule has 1 saturated carbocycles. The summed E-state index contributed by atoms with van der Waals surface area (Å²) in [6, 6.07) is 2.23. The molecule has 0 bridgehead atoms. The fourth-order valence-electron chi connectivity index (χ4n) is 3.36. The second-order valence-corrected chi connectivity index (χ2v) is 5.09. The lowest BCUT2D eigenvalue weighted by atomic mass is 9.62. The van der Waals surface area contributed by atoms with Crippen molar-refractivity contribution in [3.8, 4) is 6.07 Å². The van der Waals surface area contributed by atoms with Crippen LogP contribution < -0.4 is 0 Å². The molecule has 0 spiro atoms. The Kier molecular flexibility index (Phi) is 2.02. The monoisotopic (exact) mass is 221 g/mol. The predicted molar refractivity (Wildman–Crippen MR) is 54.2 cm³/mol. The third-order valence-corrected chi connectivity index (χ3v) is 4.46. The molecule has 86 valence electrons. The van der Waals surface area contributed by atoms with E-state index in [-0.39, 0.29) is 11.9 Å². The molecular weight excluding hydrogens is 206 g/mol. The number of hydrogen-bond donors (Lipinski definition) is 0. The van der Waals surface area contributed by atoms with Crippen LogP contribution in [-0.2, 0) is 14.3 Å². The van der Waals surface area contributed by atoms with Crippen molar-refractivity contribution >= 4 is 5.97 Å². The maximum atomic E-state index is 11.9. The summed E-state index contributed by atoms with van der Waals surface area (Å²) in [5.74, 6) is 0.131. The summed E-state index contributed by atoms with van der Waals surface area (Å²) in [6.45, 7) is 2.37. The molecule has 0 amide bonds. The van der Waals surface area contributed by atoms with Crippen LogP contribution in [0.4, 0.5) is 0 Å². The first-order chi connectivity index (χ1) is 7.71. The Morgan fingerprint density at radius 2 is 2.25 bits per heavy atom. The van der Waals surface area contributed by atoms with Gasteiger partial charge >= 0.3 is 5.97 Å². The van der Waals surface area contributed by atoms with Crippen molar-refractivity contribution in [2.45, 2.75) is 38.4 Å². The molecule has 3 rings (SSSR count). The Balaban J connectivity index is 1.94. The molecule has 5 atom stereocenters. The van der Waals surface area contributed by atoms with Gasteiger partial charge in [0.1, 0.15) is 0 Å². The SMILES string of the molecule is CC[C@]1(C#N)C(=O)OC[C@H]2C[C@H]3O[C@H]3C[C@H]21. The standard InChI is InChI=1S/C12H15NO3/c1-2-12(6-13)8-4-10-9(16-10)3-7(8)5-15-11(12)14/h7-10H,2-5H2,1H3/t7-,8-,9-,10+,12-/m1/s1. The predicted octanol–water partition coefficient (Wildman–Crippen LogP) is 1.26. The maximum absolute atomic E-state index is 11.9. The largest absolute Gasteiger partial charge is 0.464 e. The molecule has 2 saturated heterocycles. The highest BCUT2D eigenvalue weighted by Gasteiger charge is 2.60. The summed E-state index contributed by atoms with van der Waals surface area (Å²) in [5, 5.41) is 9.36. The van der Waals surface area contributed by atoms with Gasteiger partial charge in [-0.3, -0.25) is 4.79 Å². The number of cyclic esters (lactones) is 1. The van der Waals surface area contributed by atoms with Gasteiger partial charge in [0.2, 0.25) is 0 Å². The number of epoxide rings is 1. The van der Waals surface area contributed by atoms with Crippen molar-refractivity contribution < 1.29 is 14.3 Å². The number of nitrogens with zero attached hydrogens (tertiary/aromatic N) is 1. The minimum absolute atomic E-state index is 0.132.